The summed E-state index contributed by atoms with van der Waals surface area (Å²) < 4.78 is 10.5. The Morgan fingerprint density at radius 1 is 1.48 bits per heavy atom. The minimum Gasteiger partial charge on any atom is -0.480 e. The van der Waals surface area contributed by atoms with Crippen LogP contribution in [0.2, 0.25) is 0 Å². The fourth-order valence-corrected chi connectivity index (χ4v) is 2.40. The molecule has 1 aromatic heterocycles. The molecule has 1 unspecified atom stereocenters. The maximum Gasteiger partial charge on any atom is 0.415 e. The summed E-state index contributed by atoms with van der Waals surface area (Å²) in [4.78, 5) is 31.6. The molecule has 1 saturated heterocycles. The molecule has 0 bridgehead atoms. The monoisotopic (exact) mass is 318 g/mol. The van der Waals surface area contributed by atoms with Gasteiger partial charge in [-0.05, 0) is 30.5 Å². The molecule has 0 aromatic carbocycles. The largest absolute Gasteiger partial charge is 0.480 e. The minimum absolute atomic E-state index is 0.0486. The third kappa shape index (κ3) is 3.27. The van der Waals surface area contributed by atoms with Crippen molar-refractivity contribution in [2.75, 3.05) is 29.9 Å². The van der Waals surface area contributed by atoms with Gasteiger partial charge in [-0.3, -0.25) is 9.69 Å². The number of pyridine rings is 1. The lowest BCUT2D eigenvalue weighted by molar-refractivity contribution is -0.118. The summed E-state index contributed by atoms with van der Waals surface area (Å²) in [5, 5.41) is 6.04. The predicted molar refractivity (Wildman–Crippen MR) is 79.2 cm³/mol. The van der Waals surface area contributed by atoms with E-state index in [9.17, 15) is 9.59 Å². The predicted octanol–water partition coefficient (Wildman–Crippen LogP) is 1.83. The van der Waals surface area contributed by atoms with Crippen LogP contribution in [0, 0.1) is 0 Å². The van der Waals surface area contributed by atoms with Gasteiger partial charge in [0, 0.05) is 11.5 Å². The molecule has 1 atom stereocenters. The molecule has 0 saturated carbocycles. The number of carbonyl (C=O) groups excluding carboxylic acids is 2. The number of ether oxygens (including phenoxy) is 2. The summed E-state index contributed by atoms with van der Waals surface area (Å²) in [6.45, 7) is 0.674. The van der Waals surface area contributed by atoms with E-state index in [-0.39, 0.29) is 18.6 Å². The molecular weight excluding hydrogens is 304 g/mol. The molecule has 23 heavy (non-hydrogen) atoms. The number of aromatic nitrogens is 1. The zero-order valence-corrected chi connectivity index (χ0v) is 12.1. The van der Waals surface area contributed by atoms with Gasteiger partial charge in [0.25, 0.3) is 5.91 Å². The molecule has 2 amide bonds. The van der Waals surface area contributed by atoms with Crippen LogP contribution >= 0.6 is 0 Å². The fourth-order valence-electron chi connectivity index (χ4n) is 2.40. The van der Waals surface area contributed by atoms with Crippen LogP contribution in [0.15, 0.2) is 17.2 Å². The highest BCUT2D eigenvalue weighted by molar-refractivity contribution is 5.95. The summed E-state index contributed by atoms with van der Waals surface area (Å²) in [5.41, 5.74) is 8.22. The Morgan fingerprint density at radius 3 is 3.17 bits per heavy atom. The normalized spacial score (nSPS) is 19.3. The van der Waals surface area contributed by atoms with Gasteiger partial charge in [-0.1, -0.05) is 5.11 Å². The molecule has 1 fully saturated rings. The lowest BCUT2D eigenvalue weighted by Gasteiger charge is -2.19. The summed E-state index contributed by atoms with van der Waals surface area (Å²) in [6, 6.07) is 3.29. The molecule has 3 heterocycles. The van der Waals surface area contributed by atoms with Crippen LogP contribution in [0.25, 0.3) is 10.4 Å². The summed E-state index contributed by atoms with van der Waals surface area (Å²) in [5.74, 6) is 0.851. The SMILES string of the molecule is [N-]=[N+]=NCCCC1CN(c2ccc3c(n2)NC(=O)CO3)C(=O)O1. The Morgan fingerprint density at radius 2 is 2.35 bits per heavy atom. The highest BCUT2D eigenvalue weighted by Gasteiger charge is 2.33. The number of nitrogens with zero attached hydrogens (tertiary/aromatic N) is 5. The number of amides is 2. The third-order valence-corrected chi connectivity index (χ3v) is 3.46. The highest BCUT2D eigenvalue weighted by atomic mass is 16.6. The molecule has 2 aliphatic rings. The smallest absolute Gasteiger partial charge is 0.415 e. The van der Waals surface area contributed by atoms with Gasteiger partial charge < -0.3 is 14.8 Å². The Bertz CT molecular complexity index is 687. The van der Waals surface area contributed by atoms with Crippen LogP contribution < -0.4 is 15.0 Å². The number of hydrogen-bond acceptors (Lipinski definition) is 6. The first-order chi connectivity index (χ1) is 11.2. The van der Waals surface area contributed by atoms with Gasteiger partial charge in [-0.2, -0.15) is 0 Å². The lowest BCUT2D eigenvalue weighted by Crippen LogP contribution is -2.29. The standard InChI is InChI=1S/C13H14N6O4/c14-18-15-5-1-2-8-6-19(13(21)23-8)10-4-3-9-12(16-10)17-11(20)7-22-9/h3-4,8H,1-2,5-7H2,(H,16,17,20). The van der Waals surface area contributed by atoms with Gasteiger partial charge in [0.15, 0.2) is 18.2 Å². The van der Waals surface area contributed by atoms with Crippen molar-refractivity contribution in [1.82, 2.24) is 4.98 Å². The topological polar surface area (TPSA) is 130 Å². The number of anilines is 2. The molecule has 1 aromatic rings. The Labute approximate surface area is 131 Å². The molecule has 1 N–H and O–H groups in total. The van der Waals surface area contributed by atoms with E-state index in [4.69, 9.17) is 15.0 Å². The van der Waals surface area contributed by atoms with Crippen LogP contribution in [-0.2, 0) is 9.53 Å². The van der Waals surface area contributed by atoms with Crippen molar-refractivity contribution in [3.63, 3.8) is 0 Å². The second-order valence-electron chi connectivity index (χ2n) is 5.07. The number of rotatable bonds is 5. The second-order valence-corrected chi connectivity index (χ2v) is 5.07. The van der Waals surface area contributed by atoms with Crippen molar-refractivity contribution in [2.24, 2.45) is 5.11 Å². The Hall–Kier alpha value is -3.00. The number of cyclic esters (lactones) is 1. The maximum atomic E-state index is 12.0. The van der Waals surface area contributed by atoms with E-state index in [1.165, 1.54) is 4.90 Å². The molecule has 120 valence electrons. The number of azide groups is 1. The van der Waals surface area contributed by atoms with Crippen molar-refractivity contribution in [1.29, 1.82) is 0 Å². The first-order valence-corrected chi connectivity index (χ1v) is 7.10. The first kappa shape index (κ1) is 14.9. The van der Waals surface area contributed by atoms with E-state index in [0.29, 0.717) is 43.3 Å². The quantitative estimate of drug-likeness (QED) is 0.383. The number of fused-ring (bicyclic) bond motifs is 1. The van der Waals surface area contributed by atoms with Gasteiger partial charge in [0.1, 0.15) is 11.9 Å². The zero-order chi connectivity index (χ0) is 16.2. The van der Waals surface area contributed by atoms with Crippen LogP contribution in [0.3, 0.4) is 0 Å². The summed E-state index contributed by atoms with van der Waals surface area (Å²) >= 11 is 0. The molecule has 10 nitrogen and oxygen atoms in total. The van der Waals surface area contributed by atoms with Gasteiger partial charge in [-0.25, -0.2) is 9.78 Å². The maximum absolute atomic E-state index is 12.0. The summed E-state index contributed by atoms with van der Waals surface area (Å²) in [6.07, 6.45) is 0.470. The van der Waals surface area contributed by atoms with Crippen molar-refractivity contribution >= 4 is 23.6 Å². The second kappa shape index (κ2) is 6.41. The highest BCUT2D eigenvalue weighted by Crippen LogP contribution is 2.30. The molecular formula is C13H14N6O4. The van der Waals surface area contributed by atoms with Crippen LogP contribution in [0.1, 0.15) is 12.8 Å². The van der Waals surface area contributed by atoms with E-state index < -0.39 is 6.09 Å². The third-order valence-electron chi connectivity index (χ3n) is 3.46. The first-order valence-electron chi connectivity index (χ1n) is 7.10. The van der Waals surface area contributed by atoms with E-state index in [2.05, 4.69) is 20.3 Å². The van der Waals surface area contributed by atoms with E-state index >= 15 is 0 Å². The zero-order valence-electron chi connectivity index (χ0n) is 12.1. The van der Waals surface area contributed by atoms with Crippen molar-refractivity contribution in [2.45, 2.75) is 18.9 Å². The van der Waals surface area contributed by atoms with Crippen LogP contribution in [0.5, 0.6) is 5.75 Å². The van der Waals surface area contributed by atoms with Gasteiger partial charge in [-0.15, -0.1) is 0 Å². The van der Waals surface area contributed by atoms with Crippen molar-refractivity contribution in [3.05, 3.63) is 22.6 Å². The number of nitrogens with one attached hydrogen (secondary N) is 1. The van der Waals surface area contributed by atoms with Crippen molar-refractivity contribution < 1.29 is 19.1 Å². The molecule has 0 spiro atoms. The molecule has 0 aliphatic carbocycles. The van der Waals surface area contributed by atoms with E-state index in [1.54, 1.807) is 12.1 Å². The van der Waals surface area contributed by atoms with E-state index in [0.717, 1.165) is 0 Å². The fraction of sp³-hybridized carbons (Fsp3) is 0.462. The van der Waals surface area contributed by atoms with Crippen molar-refractivity contribution in [3.8, 4) is 5.75 Å². The Balaban J connectivity index is 1.67. The number of carbonyl (C=O) groups is 2. The van der Waals surface area contributed by atoms with Gasteiger partial charge in [0.05, 0.1) is 6.54 Å². The minimum atomic E-state index is -0.491. The van der Waals surface area contributed by atoms with Crippen LogP contribution in [0.4, 0.5) is 16.4 Å². The average Bonchev–Trinajstić information content (AvgIpc) is 2.91. The lowest BCUT2D eigenvalue weighted by atomic mass is 10.2. The number of hydrogen-bond donors (Lipinski definition) is 1. The molecule has 0 radical (unpaired) electrons. The Kier molecular flexibility index (Phi) is 4.15. The van der Waals surface area contributed by atoms with Gasteiger partial charge >= 0.3 is 6.09 Å². The molecule has 10 heteroatoms. The molecule has 3 rings (SSSR count). The summed E-state index contributed by atoms with van der Waals surface area (Å²) in [7, 11) is 0. The van der Waals surface area contributed by atoms with E-state index in [1.807, 2.05) is 0 Å². The van der Waals surface area contributed by atoms with Gasteiger partial charge in [0.2, 0.25) is 0 Å². The average molecular weight is 318 g/mol. The van der Waals surface area contributed by atoms with Crippen LogP contribution in [-0.4, -0.2) is 42.8 Å². The molecule has 2 aliphatic heterocycles.